The monoisotopic (exact) mass is 225 g/mol. The molecule has 4 nitrogen and oxygen atoms in total. The first kappa shape index (κ1) is 13.0. The van der Waals surface area contributed by atoms with Gasteiger partial charge in [0.15, 0.2) is 0 Å². The molecule has 2 N–H and O–H groups in total. The van der Waals surface area contributed by atoms with Gasteiger partial charge in [0.05, 0.1) is 19.8 Å². The molecule has 0 heterocycles. The van der Waals surface area contributed by atoms with Crippen molar-refractivity contribution in [2.45, 2.75) is 12.6 Å². The summed E-state index contributed by atoms with van der Waals surface area (Å²) >= 11 is 0. The second kappa shape index (κ2) is 6.48. The summed E-state index contributed by atoms with van der Waals surface area (Å²) in [7, 11) is 3.54. The highest BCUT2D eigenvalue weighted by Crippen LogP contribution is 2.13. The van der Waals surface area contributed by atoms with E-state index >= 15 is 0 Å². The van der Waals surface area contributed by atoms with Gasteiger partial charge in [-0.15, -0.1) is 0 Å². The third kappa shape index (κ3) is 4.18. The van der Waals surface area contributed by atoms with Crippen LogP contribution in [0.4, 0.5) is 0 Å². The van der Waals surface area contributed by atoms with E-state index in [2.05, 4.69) is 0 Å². The molecule has 0 spiro atoms. The van der Waals surface area contributed by atoms with Gasteiger partial charge in [0.25, 0.3) is 0 Å². The molecule has 0 aliphatic carbocycles. The Morgan fingerprint density at radius 3 is 2.81 bits per heavy atom. The van der Waals surface area contributed by atoms with Gasteiger partial charge >= 0.3 is 0 Å². The lowest BCUT2D eigenvalue weighted by Gasteiger charge is -2.19. The highest BCUT2D eigenvalue weighted by atomic mass is 16.5. The number of ether oxygens (including phenoxy) is 1. The average molecular weight is 225 g/mol. The lowest BCUT2D eigenvalue weighted by Crippen LogP contribution is -2.30. The SMILES string of the molecule is COc1cccc(CN(C)CC(O)CO)c1. The Balaban J connectivity index is 2.51. The zero-order valence-electron chi connectivity index (χ0n) is 9.76. The van der Waals surface area contributed by atoms with Gasteiger partial charge in [-0.25, -0.2) is 0 Å². The van der Waals surface area contributed by atoms with Crippen molar-refractivity contribution < 1.29 is 14.9 Å². The van der Waals surface area contributed by atoms with Crippen LogP contribution in [0.25, 0.3) is 0 Å². The minimum atomic E-state index is -0.685. The first-order valence-electron chi connectivity index (χ1n) is 5.26. The van der Waals surface area contributed by atoms with Crippen molar-refractivity contribution in [1.82, 2.24) is 4.90 Å². The molecule has 1 unspecified atom stereocenters. The number of hydrogen-bond acceptors (Lipinski definition) is 4. The zero-order chi connectivity index (χ0) is 12.0. The molecule has 16 heavy (non-hydrogen) atoms. The Labute approximate surface area is 96.1 Å². The number of rotatable bonds is 6. The molecular weight excluding hydrogens is 206 g/mol. The standard InChI is InChI=1S/C12H19NO3/c1-13(8-11(15)9-14)7-10-4-3-5-12(6-10)16-2/h3-6,11,14-15H,7-9H2,1-2H3. The van der Waals surface area contributed by atoms with Crippen LogP contribution in [0.15, 0.2) is 24.3 Å². The van der Waals surface area contributed by atoms with Crippen molar-refractivity contribution >= 4 is 0 Å². The van der Waals surface area contributed by atoms with Gasteiger partial charge in [0.1, 0.15) is 5.75 Å². The Kier molecular flexibility index (Phi) is 5.25. The number of nitrogens with zero attached hydrogens (tertiary/aromatic N) is 1. The number of likely N-dealkylation sites (N-methyl/N-ethyl adjacent to an activating group) is 1. The molecule has 0 aliphatic heterocycles. The maximum atomic E-state index is 9.29. The molecule has 0 aliphatic rings. The molecule has 1 atom stereocenters. The van der Waals surface area contributed by atoms with Crippen LogP contribution in [0.5, 0.6) is 5.75 Å². The molecule has 0 fully saturated rings. The largest absolute Gasteiger partial charge is 0.497 e. The second-order valence-corrected chi connectivity index (χ2v) is 3.88. The van der Waals surface area contributed by atoms with E-state index in [0.717, 1.165) is 11.3 Å². The third-order valence-corrected chi connectivity index (χ3v) is 2.32. The lowest BCUT2D eigenvalue weighted by atomic mass is 10.2. The molecule has 1 aromatic carbocycles. The van der Waals surface area contributed by atoms with Crippen molar-refractivity contribution in [2.24, 2.45) is 0 Å². The minimum absolute atomic E-state index is 0.206. The zero-order valence-corrected chi connectivity index (χ0v) is 9.76. The van der Waals surface area contributed by atoms with Crippen LogP contribution >= 0.6 is 0 Å². The predicted molar refractivity (Wildman–Crippen MR) is 62.4 cm³/mol. The van der Waals surface area contributed by atoms with E-state index in [1.54, 1.807) is 7.11 Å². The molecule has 0 aromatic heterocycles. The molecule has 0 amide bonds. The Hall–Kier alpha value is -1.10. The van der Waals surface area contributed by atoms with Crippen LogP contribution in [0, 0.1) is 0 Å². The van der Waals surface area contributed by atoms with Crippen LogP contribution in [0.2, 0.25) is 0 Å². The summed E-state index contributed by atoms with van der Waals surface area (Å²) in [5.74, 6) is 0.827. The van der Waals surface area contributed by atoms with Crippen LogP contribution in [-0.4, -0.2) is 48.5 Å². The highest BCUT2D eigenvalue weighted by molar-refractivity contribution is 5.28. The molecule has 0 saturated carbocycles. The number of aliphatic hydroxyl groups excluding tert-OH is 2. The van der Waals surface area contributed by atoms with Crippen molar-refractivity contribution in [3.8, 4) is 5.75 Å². The quantitative estimate of drug-likeness (QED) is 0.739. The summed E-state index contributed by atoms with van der Waals surface area (Å²) in [6.45, 7) is 0.963. The van der Waals surface area contributed by atoms with Gasteiger partial charge in [-0.1, -0.05) is 12.1 Å². The normalized spacial score (nSPS) is 12.8. The Morgan fingerprint density at radius 2 is 2.19 bits per heavy atom. The van der Waals surface area contributed by atoms with Gasteiger partial charge in [-0.2, -0.15) is 0 Å². The van der Waals surface area contributed by atoms with E-state index in [-0.39, 0.29) is 6.61 Å². The second-order valence-electron chi connectivity index (χ2n) is 3.88. The van der Waals surface area contributed by atoms with Crippen LogP contribution in [0.1, 0.15) is 5.56 Å². The van der Waals surface area contributed by atoms with Crippen LogP contribution < -0.4 is 4.74 Å². The molecule has 0 radical (unpaired) electrons. The molecule has 4 heteroatoms. The summed E-state index contributed by atoms with van der Waals surface area (Å²) in [6, 6.07) is 7.79. The summed E-state index contributed by atoms with van der Waals surface area (Å²) in [4.78, 5) is 1.95. The topological polar surface area (TPSA) is 52.9 Å². The average Bonchev–Trinajstić information content (AvgIpc) is 2.28. The van der Waals surface area contributed by atoms with Crippen molar-refractivity contribution in [3.63, 3.8) is 0 Å². The van der Waals surface area contributed by atoms with E-state index in [9.17, 15) is 5.11 Å². The Bertz CT molecular complexity index is 317. The number of hydrogen-bond donors (Lipinski definition) is 2. The van der Waals surface area contributed by atoms with Gasteiger partial charge in [0, 0.05) is 13.1 Å². The summed E-state index contributed by atoms with van der Waals surface area (Å²) in [5, 5.41) is 18.0. The molecule has 0 saturated heterocycles. The van der Waals surface area contributed by atoms with Gasteiger partial charge in [-0.05, 0) is 24.7 Å². The first-order chi connectivity index (χ1) is 7.65. The van der Waals surface area contributed by atoms with Crippen molar-refractivity contribution in [1.29, 1.82) is 0 Å². The smallest absolute Gasteiger partial charge is 0.119 e. The number of aliphatic hydroxyl groups is 2. The third-order valence-electron chi connectivity index (χ3n) is 2.32. The van der Waals surface area contributed by atoms with Gasteiger partial charge in [-0.3, -0.25) is 4.90 Å². The maximum Gasteiger partial charge on any atom is 0.119 e. The molecule has 1 aromatic rings. The fourth-order valence-corrected chi connectivity index (χ4v) is 1.56. The van der Waals surface area contributed by atoms with E-state index in [1.165, 1.54) is 0 Å². The summed E-state index contributed by atoms with van der Waals surface area (Å²) in [6.07, 6.45) is -0.685. The summed E-state index contributed by atoms with van der Waals surface area (Å²) < 4.78 is 5.13. The van der Waals surface area contributed by atoms with E-state index < -0.39 is 6.10 Å². The van der Waals surface area contributed by atoms with E-state index in [4.69, 9.17) is 9.84 Å². The van der Waals surface area contributed by atoms with Gasteiger partial charge in [0.2, 0.25) is 0 Å². The van der Waals surface area contributed by atoms with Crippen LogP contribution in [-0.2, 0) is 6.54 Å². The van der Waals surface area contributed by atoms with Crippen LogP contribution in [0.3, 0.4) is 0 Å². The first-order valence-corrected chi connectivity index (χ1v) is 5.26. The van der Waals surface area contributed by atoms with Crippen molar-refractivity contribution in [3.05, 3.63) is 29.8 Å². The molecule has 1 rings (SSSR count). The van der Waals surface area contributed by atoms with Gasteiger partial charge < -0.3 is 14.9 Å². The summed E-state index contributed by atoms with van der Waals surface area (Å²) in [5.41, 5.74) is 1.12. The fraction of sp³-hybridized carbons (Fsp3) is 0.500. The highest BCUT2D eigenvalue weighted by Gasteiger charge is 2.07. The van der Waals surface area contributed by atoms with E-state index in [1.807, 2.05) is 36.2 Å². The molecule has 90 valence electrons. The Morgan fingerprint density at radius 1 is 1.44 bits per heavy atom. The number of methoxy groups -OCH3 is 1. The van der Waals surface area contributed by atoms with Crippen molar-refractivity contribution in [2.75, 3.05) is 27.3 Å². The number of benzene rings is 1. The fourth-order valence-electron chi connectivity index (χ4n) is 1.56. The minimum Gasteiger partial charge on any atom is -0.497 e. The lowest BCUT2D eigenvalue weighted by molar-refractivity contribution is 0.0648. The van der Waals surface area contributed by atoms with E-state index in [0.29, 0.717) is 13.1 Å². The molecule has 0 bridgehead atoms. The predicted octanol–water partition coefficient (Wildman–Crippen LogP) is 0.480. The maximum absolute atomic E-state index is 9.29. The molecular formula is C12H19NO3.